The first-order valence-corrected chi connectivity index (χ1v) is 9.24. The number of nitrogens with one attached hydrogen (secondary N) is 1. The Bertz CT molecular complexity index is 641. The van der Waals surface area contributed by atoms with Crippen LogP contribution in [-0.2, 0) is 16.5 Å². The first kappa shape index (κ1) is 21.6. The molecule has 0 fully saturated rings. The monoisotopic (exact) mass is 429 g/mol. The van der Waals surface area contributed by atoms with E-state index in [0.717, 1.165) is 26.8 Å². The molecule has 24 heavy (non-hydrogen) atoms. The van der Waals surface area contributed by atoms with Crippen molar-refractivity contribution in [3.05, 3.63) is 34.1 Å². The van der Waals surface area contributed by atoms with Gasteiger partial charge in [-0.3, -0.25) is 0 Å². The van der Waals surface area contributed by atoms with Crippen LogP contribution in [0.4, 0.5) is 13.2 Å². The molecule has 1 aromatic rings. The first-order chi connectivity index (χ1) is 10.5. The van der Waals surface area contributed by atoms with E-state index in [1.165, 1.54) is 12.1 Å². The van der Waals surface area contributed by atoms with Gasteiger partial charge in [-0.05, 0) is 59.7 Å². The highest BCUT2D eigenvalue weighted by Gasteiger charge is 2.62. The van der Waals surface area contributed by atoms with Crippen LogP contribution in [0.25, 0.3) is 0 Å². The molecule has 0 aromatic heterocycles. The molecular weight excluding hydrogens is 407 g/mol. The molecule has 0 heterocycles. The summed E-state index contributed by atoms with van der Waals surface area (Å²) in [5.41, 5.74) is -5.27. The highest BCUT2D eigenvalue weighted by atomic mass is 79.9. The molecule has 0 spiro atoms. The molecule has 0 saturated carbocycles. The zero-order valence-electron chi connectivity index (χ0n) is 14.5. The zero-order chi connectivity index (χ0) is 19.1. The quantitative estimate of drug-likeness (QED) is 0.734. The van der Waals surface area contributed by atoms with Crippen molar-refractivity contribution in [3.8, 4) is 0 Å². The average molecular weight is 430 g/mol. The van der Waals surface area contributed by atoms with Crippen molar-refractivity contribution in [1.29, 1.82) is 0 Å². The Balaban J connectivity index is 3.64. The van der Waals surface area contributed by atoms with Gasteiger partial charge in [0.05, 0.1) is 15.7 Å². The molecule has 138 valence electrons. The molecule has 2 atom stereocenters. The van der Waals surface area contributed by atoms with Crippen LogP contribution in [0.5, 0.6) is 0 Å². The van der Waals surface area contributed by atoms with Crippen molar-refractivity contribution in [3.63, 3.8) is 0 Å². The summed E-state index contributed by atoms with van der Waals surface area (Å²) in [6.07, 6.45) is 0. The average Bonchev–Trinajstić information content (AvgIpc) is 2.38. The van der Waals surface area contributed by atoms with E-state index in [9.17, 15) is 13.7 Å². The molecule has 1 rings (SSSR count). The Hall–Kier alpha value is -0.440. The largest absolute Gasteiger partial charge is 0.384 e. The lowest BCUT2D eigenvalue weighted by atomic mass is 9.78. The Morgan fingerprint density at radius 2 is 1.62 bits per heavy atom. The van der Waals surface area contributed by atoms with Gasteiger partial charge in [0.1, 0.15) is 17.0 Å². The van der Waals surface area contributed by atoms with Crippen molar-refractivity contribution < 1.29 is 22.5 Å². The molecule has 2 unspecified atom stereocenters. The summed E-state index contributed by atoms with van der Waals surface area (Å²) < 4.78 is 58.9. The van der Waals surface area contributed by atoms with Crippen molar-refractivity contribution >= 4 is 26.9 Å². The normalized spacial score (nSPS) is 17.5. The zero-order valence-corrected chi connectivity index (χ0v) is 16.9. The summed E-state index contributed by atoms with van der Waals surface area (Å²) in [5.74, 6) is -4.72. The third kappa shape index (κ3) is 4.03. The number of aliphatic hydroxyl groups is 1. The fourth-order valence-corrected chi connectivity index (χ4v) is 3.40. The first-order valence-electron chi connectivity index (χ1n) is 7.29. The molecule has 8 heteroatoms. The van der Waals surface area contributed by atoms with Gasteiger partial charge in [0.2, 0.25) is 0 Å². The number of rotatable bonds is 5. The van der Waals surface area contributed by atoms with Crippen LogP contribution >= 0.6 is 15.9 Å². The second-order valence-corrected chi connectivity index (χ2v) is 10.2. The smallest absolute Gasteiger partial charge is 0.298 e. The minimum atomic E-state index is -3.83. The van der Waals surface area contributed by atoms with Gasteiger partial charge in [-0.15, -0.1) is 0 Å². The SMILES string of the molecule is CC(C)(C)S(=O)NC(C)(c1cc(Br)ccc1F)C(F)(F)C(C)(C)O. The van der Waals surface area contributed by atoms with Gasteiger partial charge in [-0.2, -0.15) is 0 Å². The van der Waals surface area contributed by atoms with Gasteiger partial charge in [0.15, 0.2) is 0 Å². The lowest BCUT2D eigenvalue weighted by molar-refractivity contribution is -0.206. The van der Waals surface area contributed by atoms with Crippen molar-refractivity contribution in [1.82, 2.24) is 4.72 Å². The lowest BCUT2D eigenvalue weighted by Gasteiger charge is -2.45. The van der Waals surface area contributed by atoms with Crippen molar-refractivity contribution in [2.45, 2.75) is 63.4 Å². The molecule has 0 aliphatic rings. The van der Waals surface area contributed by atoms with Gasteiger partial charge in [-0.1, -0.05) is 15.9 Å². The second kappa shape index (κ2) is 6.70. The third-order valence-corrected chi connectivity index (χ3v) is 5.92. The van der Waals surface area contributed by atoms with Gasteiger partial charge in [-0.25, -0.2) is 22.1 Å². The van der Waals surface area contributed by atoms with E-state index >= 15 is 8.78 Å². The van der Waals surface area contributed by atoms with Crippen LogP contribution in [0.1, 0.15) is 47.1 Å². The van der Waals surface area contributed by atoms with Gasteiger partial charge < -0.3 is 5.11 Å². The molecule has 0 saturated heterocycles. The van der Waals surface area contributed by atoms with Crippen LogP contribution < -0.4 is 4.72 Å². The number of hydrogen-bond acceptors (Lipinski definition) is 2. The minimum absolute atomic E-state index is 0.387. The summed E-state index contributed by atoms with van der Waals surface area (Å²) >= 11 is 3.13. The van der Waals surface area contributed by atoms with E-state index in [1.54, 1.807) is 20.8 Å². The van der Waals surface area contributed by atoms with E-state index in [0.29, 0.717) is 4.47 Å². The number of benzene rings is 1. The van der Waals surface area contributed by atoms with E-state index in [4.69, 9.17) is 0 Å². The van der Waals surface area contributed by atoms with E-state index in [2.05, 4.69) is 20.7 Å². The summed E-state index contributed by atoms with van der Waals surface area (Å²) in [4.78, 5) is 0. The van der Waals surface area contributed by atoms with Crippen molar-refractivity contribution in [2.75, 3.05) is 0 Å². The number of alkyl halides is 2. The molecule has 2 N–H and O–H groups in total. The van der Waals surface area contributed by atoms with Crippen LogP contribution in [-0.4, -0.2) is 25.6 Å². The highest BCUT2D eigenvalue weighted by molar-refractivity contribution is 9.10. The van der Waals surface area contributed by atoms with Gasteiger partial charge >= 0.3 is 0 Å². The maximum absolute atomic E-state index is 15.1. The van der Waals surface area contributed by atoms with Crippen LogP contribution in [0.2, 0.25) is 0 Å². The van der Waals surface area contributed by atoms with E-state index in [-0.39, 0.29) is 5.56 Å². The fraction of sp³-hybridized carbons (Fsp3) is 0.625. The Morgan fingerprint density at radius 1 is 1.12 bits per heavy atom. The van der Waals surface area contributed by atoms with Gasteiger partial charge in [0, 0.05) is 10.0 Å². The maximum Gasteiger partial charge on any atom is 0.298 e. The topological polar surface area (TPSA) is 49.3 Å². The predicted molar refractivity (Wildman–Crippen MR) is 93.7 cm³/mol. The predicted octanol–water partition coefficient (Wildman–Crippen LogP) is 4.26. The van der Waals surface area contributed by atoms with E-state index in [1.807, 2.05) is 0 Å². The number of halogens is 4. The lowest BCUT2D eigenvalue weighted by Crippen LogP contribution is -2.64. The number of hydrogen-bond donors (Lipinski definition) is 2. The summed E-state index contributed by atoms with van der Waals surface area (Å²) in [5, 5.41) is 10.00. The third-order valence-electron chi connectivity index (χ3n) is 3.72. The Kier molecular flexibility index (Phi) is 6.03. The van der Waals surface area contributed by atoms with Crippen LogP contribution in [0, 0.1) is 5.82 Å². The summed E-state index contributed by atoms with van der Waals surface area (Å²) in [6.45, 7) is 7.73. The van der Waals surface area contributed by atoms with Crippen LogP contribution in [0.3, 0.4) is 0 Å². The Morgan fingerprint density at radius 3 is 2.04 bits per heavy atom. The maximum atomic E-state index is 15.1. The fourth-order valence-electron chi connectivity index (χ4n) is 2.12. The molecule has 0 radical (unpaired) electrons. The van der Waals surface area contributed by atoms with Crippen LogP contribution in [0.15, 0.2) is 22.7 Å². The van der Waals surface area contributed by atoms with E-state index < -0.39 is 38.6 Å². The highest BCUT2D eigenvalue weighted by Crippen LogP contribution is 2.46. The second-order valence-electron chi connectivity index (χ2n) is 7.37. The Labute approximate surface area is 151 Å². The summed E-state index contributed by atoms with van der Waals surface area (Å²) in [7, 11) is -1.93. The molecule has 3 nitrogen and oxygen atoms in total. The minimum Gasteiger partial charge on any atom is -0.384 e. The molecular formula is C16H23BrF3NO2S. The molecule has 0 aliphatic heterocycles. The summed E-state index contributed by atoms with van der Waals surface area (Å²) in [6, 6.07) is 3.61. The molecule has 0 bridgehead atoms. The molecule has 0 amide bonds. The standard InChI is InChI=1S/C16H23BrF3NO2S/c1-13(2,3)24(23)21-15(6,16(19,20)14(4,5)22)11-9-10(17)7-8-12(11)18/h7-9,21-22H,1-6H3. The van der Waals surface area contributed by atoms with Crippen molar-refractivity contribution in [2.24, 2.45) is 0 Å². The molecule has 1 aromatic carbocycles. The van der Waals surface area contributed by atoms with Gasteiger partial charge in [0.25, 0.3) is 5.92 Å². The molecule has 0 aliphatic carbocycles.